The van der Waals surface area contributed by atoms with Crippen LogP contribution in [0.2, 0.25) is 0 Å². The fraction of sp³-hybridized carbons (Fsp3) is 0.538. The lowest BCUT2D eigenvalue weighted by molar-refractivity contribution is 0.397. The molecular formula is C13H18N2O3S. The van der Waals surface area contributed by atoms with E-state index in [9.17, 15) is 8.42 Å². The van der Waals surface area contributed by atoms with Gasteiger partial charge in [0.15, 0.2) is 0 Å². The molecule has 1 aliphatic rings. The van der Waals surface area contributed by atoms with E-state index in [-0.39, 0.29) is 11.1 Å². The summed E-state index contributed by atoms with van der Waals surface area (Å²) in [5, 5.41) is 3.20. The first-order valence-corrected chi connectivity index (χ1v) is 7.77. The van der Waals surface area contributed by atoms with E-state index in [1.807, 2.05) is 0 Å². The van der Waals surface area contributed by atoms with Crippen LogP contribution in [0.4, 0.5) is 0 Å². The van der Waals surface area contributed by atoms with Crippen molar-refractivity contribution in [1.82, 2.24) is 10.0 Å². The van der Waals surface area contributed by atoms with Crippen molar-refractivity contribution in [2.24, 2.45) is 0 Å². The maximum absolute atomic E-state index is 12.0. The molecule has 2 N–H and O–H groups in total. The van der Waals surface area contributed by atoms with Gasteiger partial charge in [0.2, 0.25) is 5.09 Å². The number of hydrogen-bond donors (Lipinski definition) is 2. The molecule has 1 heterocycles. The summed E-state index contributed by atoms with van der Waals surface area (Å²) in [7, 11) is -3.62. The second kappa shape index (κ2) is 5.78. The zero-order valence-corrected chi connectivity index (χ0v) is 11.7. The predicted molar refractivity (Wildman–Crippen MR) is 71.8 cm³/mol. The Morgan fingerprint density at radius 3 is 2.89 bits per heavy atom. The largest absolute Gasteiger partial charge is 0.447 e. The molecule has 0 radical (unpaired) electrons. The SMILES string of the molecule is C#CCC(C)NS(=O)(=O)c1ccc(CNC2CC2)o1. The monoisotopic (exact) mass is 282 g/mol. The third-order valence-corrected chi connectivity index (χ3v) is 4.29. The van der Waals surface area contributed by atoms with E-state index in [0.717, 1.165) is 0 Å². The van der Waals surface area contributed by atoms with Crippen molar-refractivity contribution in [3.8, 4) is 12.3 Å². The van der Waals surface area contributed by atoms with Crippen molar-refractivity contribution in [3.05, 3.63) is 17.9 Å². The van der Waals surface area contributed by atoms with Crippen molar-refractivity contribution >= 4 is 10.0 Å². The fourth-order valence-corrected chi connectivity index (χ4v) is 2.86. The van der Waals surface area contributed by atoms with E-state index in [0.29, 0.717) is 24.8 Å². The molecule has 0 spiro atoms. The van der Waals surface area contributed by atoms with E-state index in [4.69, 9.17) is 10.8 Å². The maximum Gasteiger partial charge on any atom is 0.274 e. The van der Waals surface area contributed by atoms with Gasteiger partial charge in [-0.25, -0.2) is 13.1 Å². The number of terminal acetylenes is 1. The smallest absolute Gasteiger partial charge is 0.274 e. The van der Waals surface area contributed by atoms with Gasteiger partial charge in [0.05, 0.1) is 6.54 Å². The fourth-order valence-electron chi connectivity index (χ4n) is 1.67. The standard InChI is InChI=1S/C13H18N2O3S/c1-3-4-10(2)15-19(16,17)13-8-7-12(18-13)9-14-11-5-6-11/h1,7-8,10-11,14-15H,4-6,9H2,2H3. The highest BCUT2D eigenvalue weighted by molar-refractivity contribution is 7.89. The van der Waals surface area contributed by atoms with Crippen LogP contribution in [0.1, 0.15) is 31.9 Å². The number of sulfonamides is 1. The van der Waals surface area contributed by atoms with Crippen LogP contribution in [-0.2, 0) is 16.6 Å². The topological polar surface area (TPSA) is 71.3 Å². The Morgan fingerprint density at radius 1 is 1.53 bits per heavy atom. The van der Waals surface area contributed by atoms with Gasteiger partial charge >= 0.3 is 0 Å². The minimum atomic E-state index is -3.62. The highest BCUT2D eigenvalue weighted by Gasteiger charge is 2.23. The second-order valence-corrected chi connectivity index (χ2v) is 6.45. The molecule has 1 aromatic heterocycles. The van der Waals surface area contributed by atoms with E-state index in [1.165, 1.54) is 18.9 Å². The van der Waals surface area contributed by atoms with Gasteiger partial charge in [-0.15, -0.1) is 12.3 Å². The average molecular weight is 282 g/mol. The molecule has 6 heteroatoms. The van der Waals surface area contributed by atoms with Crippen LogP contribution < -0.4 is 10.0 Å². The minimum absolute atomic E-state index is 0.0658. The molecule has 1 atom stereocenters. The van der Waals surface area contributed by atoms with Crippen LogP contribution in [0.5, 0.6) is 0 Å². The summed E-state index contributed by atoms with van der Waals surface area (Å²) >= 11 is 0. The molecule has 0 saturated heterocycles. The van der Waals surface area contributed by atoms with E-state index in [2.05, 4.69) is 16.0 Å². The molecular weight excluding hydrogens is 264 g/mol. The van der Waals surface area contributed by atoms with Crippen LogP contribution in [0.3, 0.4) is 0 Å². The molecule has 0 amide bonds. The summed E-state index contributed by atoms with van der Waals surface area (Å²) in [6.07, 6.45) is 7.85. The summed E-state index contributed by atoms with van der Waals surface area (Å²) in [6, 6.07) is 3.39. The van der Waals surface area contributed by atoms with Gasteiger partial charge in [-0.2, -0.15) is 0 Å². The molecule has 104 valence electrons. The van der Waals surface area contributed by atoms with Gasteiger partial charge in [-0.05, 0) is 31.9 Å². The third kappa shape index (κ3) is 4.10. The van der Waals surface area contributed by atoms with Gasteiger partial charge in [-0.3, -0.25) is 0 Å². The molecule has 2 rings (SSSR count). The average Bonchev–Trinajstić information content (AvgIpc) is 3.02. The normalized spacial score (nSPS) is 17.1. The lowest BCUT2D eigenvalue weighted by atomic mass is 10.3. The molecule has 1 fully saturated rings. The molecule has 19 heavy (non-hydrogen) atoms. The Balaban J connectivity index is 1.97. The minimum Gasteiger partial charge on any atom is -0.447 e. The number of rotatable bonds is 7. The number of nitrogens with one attached hydrogen (secondary N) is 2. The predicted octanol–water partition coefficient (Wildman–Crippen LogP) is 1.22. The molecule has 1 saturated carbocycles. The Labute approximate surface area is 113 Å². The maximum atomic E-state index is 12.0. The summed E-state index contributed by atoms with van der Waals surface area (Å²) < 4.78 is 31.8. The molecule has 0 bridgehead atoms. The van der Waals surface area contributed by atoms with Crippen molar-refractivity contribution in [1.29, 1.82) is 0 Å². The van der Waals surface area contributed by atoms with Crippen LogP contribution >= 0.6 is 0 Å². The number of hydrogen-bond acceptors (Lipinski definition) is 4. The molecule has 0 aromatic carbocycles. The van der Waals surface area contributed by atoms with Crippen molar-refractivity contribution < 1.29 is 12.8 Å². The number of furan rings is 1. The first-order valence-electron chi connectivity index (χ1n) is 6.29. The van der Waals surface area contributed by atoms with Crippen molar-refractivity contribution in [2.75, 3.05) is 0 Å². The summed E-state index contributed by atoms with van der Waals surface area (Å²) in [5.74, 6) is 3.04. The summed E-state index contributed by atoms with van der Waals surface area (Å²) in [5.41, 5.74) is 0. The van der Waals surface area contributed by atoms with E-state index in [1.54, 1.807) is 13.0 Å². The Hall–Kier alpha value is -1.29. The zero-order valence-electron chi connectivity index (χ0n) is 10.8. The second-order valence-electron chi connectivity index (χ2n) is 4.81. The molecule has 5 nitrogen and oxygen atoms in total. The highest BCUT2D eigenvalue weighted by Crippen LogP contribution is 2.20. The van der Waals surface area contributed by atoms with Crippen molar-refractivity contribution in [3.63, 3.8) is 0 Å². The van der Waals surface area contributed by atoms with Crippen LogP contribution in [0, 0.1) is 12.3 Å². The summed E-state index contributed by atoms with van der Waals surface area (Å²) in [4.78, 5) is 0. The Morgan fingerprint density at radius 2 is 2.26 bits per heavy atom. The van der Waals surface area contributed by atoms with Gasteiger partial charge in [0.25, 0.3) is 10.0 Å². The first-order chi connectivity index (χ1) is 9.01. The quantitative estimate of drug-likeness (QED) is 0.738. The zero-order chi connectivity index (χ0) is 13.9. The van der Waals surface area contributed by atoms with Gasteiger partial charge in [-0.1, -0.05) is 0 Å². The molecule has 1 aromatic rings. The lowest BCUT2D eigenvalue weighted by Gasteiger charge is -2.09. The van der Waals surface area contributed by atoms with Crippen LogP contribution in [0.25, 0.3) is 0 Å². The van der Waals surface area contributed by atoms with Crippen LogP contribution in [0.15, 0.2) is 21.6 Å². The molecule has 0 aliphatic heterocycles. The first kappa shape index (κ1) is 14.1. The van der Waals surface area contributed by atoms with Gasteiger partial charge < -0.3 is 9.73 Å². The van der Waals surface area contributed by atoms with Crippen molar-refractivity contribution in [2.45, 2.75) is 49.9 Å². The molecule has 1 unspecified atom stereocenters. The van der Waals surface area contributed by atoms with Crippen LogP contribution in [-0.4, -0.2) is 20.5 Å². The van der Waals surface area contributed by atoms with E-state index < -0.39 is 10.0 Å². The Bertz CT molecular complexity index is 567. The lowest BCUT2D eigenvalue weighted by Crippen LogP contribution is -2.32. The summed E-state index contributed by atoms with van der Waals surface area (Å²) in [6.45, 7) is 2.27. The molecule has 1 aliphatic carbocycles. The van der Waals surface area contributed by atoms with Gasteiger partial charge in [0, 0.05) is 18.5 Å². The Kier molecular flexibility index (Phi) is 4.30. The van der Waals surface area contributed by atoms with Gasteiger partial charge in [0.1, 0.15) is 5.76 Å². The third-order valence-electron chi connectivity index (χ3n) is 2.82. The highest BCUT2D eigenvalue weighted by atomic mass is 32.2. The van der Waals surface area contributed by atoms with E-state index >= 15 is 0 Å².